The number of rotatable bonds is 6. The molecule has 1 saturated heterocycles. The molecular weight excluding hydrogens is 352 g/mol. The van der Waals surface area contributed by atoms with Crippen molar-refractivity contribution in [3.63, 3.8) is 0 Å². The molecule has 1 aliphatic heterocycles. The molecule has 2 aromatic rings. The zero-order chi connectivity index (χ0) is 18.4. The number of ether oxygens (including phenoxy) is 1. The number of amides is 1. The summed E-state index contributed by atoms with van der Waals surface area (Å²) in [6.07, 6.45) is 2.59. The molecule has 0 spiro atoms. The molecule has 138 valence electrons. The minimum Gasteiger partial charge on any atom is -0.496 e. The minimum atomic E-state index is -0.0427. The van der Waals surface area contributed by atoms with Gasteiger partial charge >= 0.3 is 0 Å². The highest BCUT2D eigenvalue weighted by molar-refractivity contribution is 6.29. The Kier molecular flexibility index (Phi) is 6.28. The van der Waals surface area contributed by atoms with E-state index >= 15 is 0 Å². The van der Waals surface area contributed by atoms with Crippen molar-refractivity contribution in [3.8, 4) is 5.75 Å². The fourth-order valence-corrected chi connectivity index (χ4v) is 3.35. The molecule has 1 aromatic heterocycles. The Bertz CT molecular complexity index is 739. The molecule has 0 bridgehead atoms. The summed E-state index contributed by atoms with van der Waals surface area (Å²) >= 11 is 5.79. The Morgan fingerprint density at radius 2 is 2.15 bits per heavy atom. The molecule has 0 aliphatic carbocycles. The van der Waals surface area contributed by atoms with Gasteiger partial charge in [-0.1, -0.05) is 29.8 Å². The van der Waals surface area contributed by atoms with Crippen molar-refractivity contribution in [1.82, 2.24) is 15.5 Å². The van der Waals surface area contributed by atoms with Crippen LogP contribution >= 0.6 is 11.6 Å². The van der Waals surface area contributed by atoms with Gasteiger partial charge in [0.05, 0.1) is 13.0 Å². The van der Waals surface area contributed by atoms with Crippen molar-refractivity contribution in [2.75, 3.05) is 31.6 Å². The normalized spacial score (nSPS) is 17.0. The third-order valence-electron chi connectivity index (χ3n) is 4.62. The van der Waals surface area contributed by atoms with Gasteiger partial charge in [0.25, 0.3) is 0 Å². The van der Waals surface area contributed by atoms with Crippen molar-refractivity contribution >= 4 is 23.3 Å². The zero-order valence-electron chi connectivity index (χ0n) is 14.8. The van der Waals surface area contributed by atoms with Crippen molar-refractivity contribution in [2.45, 2.75) is 19.3 Å². The summed E-state index contributed by atoms with van der Waals surface area (Å²) in [5.74, 6) is 1.67. The van der Waals surface area contributed by atoms with E-state index in [0.29, 0.717) is 18.2 Å². The lowest BCUT2D eigenvalue weighted by Gasteiger charge is -2.32. The molecule has 1 aromatic carbocycles. The fourth-order valence-electron chi connectivity index (χ4n) is 3.25. The average molecular weight is 375 g/mol. The van der Waals surface area contributed by atoms with Crippen molar-refractivity contribution in [1.29, 1.82) is 0 Å². The number of hydrogen-bond acceptors (Lipinski definition) is 5. The lowest BCUT2D eigenvalue weighted by Crippen LogP contribution is -2.43. The van der Waals surface area contributed by atoms with Gasteiger partial charge in [0.15, 0.2) is 11.0 Å². The van der Waals surface area contributed by atoms with Gasteiger partial charge in [-0.25, -0.2) is 0 Å². The Morgan fingerprint density at radius 3 is 2.92 bits per heavy atom. The van der Waals surface area contributed by atoms with E-state index < -0.39 is 0 Å². The Morgan fingerprint density at radius 1 is 1.31 bits per heavy atom. The molecule has 1 aliphatic rings. The lowest BCUT2D eigenvalue weighted by molar-refractivity contribution is -0.125. The van der Waals surface area contributed by atoms with E-state index in [1.54, 1.807) is 13.2 Å². The van der Waals surface area contributed by atoms with E-state index in [4.69, 9.17) is 16.3 Å². The Hall–Kier alpha value is -2.34. The molecule has 1 unspecified atom stereocenters. The van der Waals surface area contributed by atoms with Crippen LogP contribution in [0.2, 0.25) is 5.15 Å². The lowest BCUT2D eigenvalue weighted by atomic mass is 9.97. The topological polar surface area (TPSA) is 67.3 Å². The quantitative estimate of drug-likeness (QED) is 0.842. The number of hydrogen-bond donors (Lipinski definition) is 1. The predicted molar refractivity (Wildman–Crippen MR) is 102 cm³/mol. The molecule has 3 rings (SSSR count). The maximum absolute atomic E-state index is 12.5. The average Bonchev–Trinajstić information content (AvgIpc) is 2.69. The number of methoxy groups -OCH3 is 1. The summed E-state index contributed by atoms with van der Waals surface area (Å²) in [7, 11) is 1.66. The van der Waals surface area contributed by atoms with Gasteiger partial charge in [-0.3, -0.25) is 4.79 Å². The first kappa shape index (κ1) is 18.5. The molecule has 0 radical (unpaired) electrons. The summed E-state index contributed by atoms with van der Waals surface area (Å²) in [5, 5.41) is 11.4. The van der Waals surface area contributed by atoms with Gasteiger partial charge < -0.3 is 15.0 Å². The second kappa shape index (κ2) is 8.85. The summed E-state index contributed by atoms with van der Waals surface area (Å²) in [6, 6.07) is 11.4. The first-order valence-electron chi connectivity index (χ1n) is 8.81. The second-order valence-corrected chi connectivity index (χ2v) is 6.74. The standard InChI is InChI=1S/C19H23ClN4O2/c1-26-16-7-3-2-5-14(16)10-11-21-19(25)15-6-4-12-24(13-15)18-9-8-17(20)22-23-18/h2-3,5,7-9,15H,4,6,10-13H2,1H3,(H,21,25). The second-order valence-electron chi connectivity index (χ2n) is 6.35. The van der Waals surface area contributed by atoms with Gasteiger partial charge in [0, 0.05) is 19.6 Å². The number of halogens is 1. The summed E-state index contributed by atoms with van der Waals surface area (Å²) in [4.78, 5) is 14.6. The van der Waals surface area contributed by atoms with Crippen LogP contribution in [0, 0.1) is 5.92 Å². The Labute approximate surface area is 158 Å². The largest absolute Gasteiger partial charge is 0.496 e. The van der Waals surface area contributed by atoms with Crippen LogP contribution in [0.5, 0.6) is 5.75 Å². The highest BCUT2D eigenvalue weighted by Gasteiger charge is 2.26. The number of para-hydroxylation sites is 1. The predicted octanol–water partition coefficient (Wildman–Crippen LogP) is 2.71. The molecule has 6 nitrogen and oxygen atoms in total. The molecule has 26 heavy (non-hydrogen) atoms. The molecule has 1 fully saturated rings. The van der Waals surface area contributed by atoms with E-state index in [1.165, 1.54) is 0 Å². The number of nitrogens with one attached hydrogen (secondary N) is 1. The van der Waals surface area contributed by atoms with E-state index in [9.17, 15) is 4.79 Å². The van der Waals surface area contributed by atoms with Gasteiger partial charge in [0.2, 0.25) is 5.91 Å². The Balaban J connectivity index is 1.52. The third-order valence-corrected chi connectivity index (χ3v) is 4.82. The number of piperidine rings is 1. The number of nitrogens with zero attached hydrogens (tertiary/aromatic N) is 3. The van der Waals surface area contributed by atoms with Gasteiger partial charge in [-0.15, -0.1) is 10.2 Å². The monoisotopic (exact) mass is 374 g/mol. The van der Waals surface area contributed by atoms with Crippen LogP contribution in [-0.4, -0.2) is 42.8 Å². The van der Waals surface area contributed by atoms with Crippen LogP contribution in [0.3, 0.4) is 0 Å². The van der Waals surface area contributed by atoms with Gasteiger partial charge in [0.1, 0.15) is 5.75 Å². The molecule has 1 N–H and O–H groups in total. The maximum atomic E-state index is 12.5. The molecule has 1 atom stereocenters. The number of anilines is 1. The van der Waals surface area contributed by atoms with Crippen LogP contribution in [0.15, 0.2) is 36.4 Å². The molecule has 0 saturated carbocycles. The highest BCUT2D eigenvalue weighted by Crippen LogP contribution is 2.22. The number of carbonyl (C=O) groups excluding carboxylic acids is 1. The molecule has 7 heteroatoms. The number of benzene rings is 1. The zero-order valence-corrected chi connectivity index (χ0v) is 15.6. The maximum Gasteiger partial charge on any atom is 0.224 e. The summed E-state index contributed by atoms with van der Waals surface area (Å²) in [5.41, 5.74) is 1.09. The van der Waals surface area contributed by atoms with Crippen LogP contribution < -0.4 is 15.0 Å². The summed E-state index contributed by atoms with van der Waals surface area (Å²) < 4.78 is 5.35. The van der Waals surface area contributed by atoms with E-state index in [-0.39, 0.29) is 11.8 Å². The third kappa shape index (κ3) is 4.64. The molecule has 2 heterocycles. The van der Waals surface area contributed by atoms with Crippen molar-refractivity contribution in [2.24, 2.45) is 5.92 Å². The van der Waals surface area contributed by atoms with Crippen molar-refractivity contribution < 1.29 is 9.53 Å². The number of carbonyl (C=O) groups is 1. The SMILES string of the molecule is COc1ccccc1CCNC(=O)C1CCCN(c2ccc(Cl)nn2)C1. The summed E-state index contributed by atoms with van der Waals surface area (Å²) in [6.45, 7) is 2.12. The van der Waals surface area contributed by atoms with Gasteiger partial charge in [-0.05, 0) is 43.0 Å². The molecule has 1 amide bonds. The van der Waals surface area contributed by atoms with Gasteiger partial charge in [-0.2, -0.15) is 0 Å². The van der Waals surface area contributed by atoms with Crippen LogP contribution in [0.1, 0.15) is 18.4 Å². The first-order valence-corrected chi connectivity index (χ1v) is 9.19. The highest BCUT2D eigenvalue weighted by atomic mass is 35.5. The fraction of sp³-hybridized carbons (Fsp3) is 0.421. The molecular formula is C19H23ClN4O2. The van der Waals surface area contributed by atoms with Crippen molar-refractivity contribution in [3.05, 3.63) is 47.1 Å². The van der Waals surface area contributed by atoms with E-state index in [1.807, 2.05) is 30.3 Å². The van der Waals surface area contributed by atoms with Crippen LogP contribution in [0.4, 0.5) is 5.82 Å². The number of aromatic nitrogens is 2. The smallest absolute Gasteiger partial charge is 0.224 e. The van der Waals surface area contributed by atoms with E-state index in [2.05, 4.69) is 20.4 Å². The minimum absolute atomic E-state index is 0.0427. The van der Waals surface area contributed by atoms with Crippen LogP contribution in [-0.2, 0) is 11.2 Å². The first-order chi connectivity index (χ1) is 12.7. The van der Waals surface area contributed by atoms with Crippen LogP contribution in [0.25, 0.3) is 0 Å². The van der Waals surface area contributed by atoms with E-state index in [0.717, 1.165) is 42.9 Å².